The van der Waals surface area contributed by atoms with Crippen molar-refractivity contribution in [2.45, 2.75) is 32.1 Å². The first-order chi connectivity index (χ1) is 6.58. The van der Waals surface area contributed by atoms with Crippen molar-refractivity contribution in [3.8, 4) is 0 Å². The van der Waals surface area contributed by atoms with Crippen LogP contribution in [0.25, 0.3) is 0 Å². The van der Waals surface area contributed by atoms with Crippen LogP contribution in [0.1, 0.15) is 32.1 Å². The predicted molar refractivity (Wildman–Crippen MR) is 56.7 cm³/mol. The lowest BCUT2D eigenvalue weighted by atomic mass is 9.76. The van der Waals surface area contributed by atoms with Gasteiger partial charge in [-0.3, -0.25) is 0 Å². The molecule has 0 aromatic carbocycles. The van der Waals surface area contributed by atoms with Gasteiger partial charge in [0.25, 0.3) is 0 Å². The molecule has 0 radical (unpaired) electrons. The maximum atomic E-state index is 11.5. The fourth-order valence-corrected chi connectivity index (χ4v) is 5.58. The fourth-order valence-electron chi connectivity index (χ4n) is 3.32. The molecule has 2 aliphatic rings. The van der Waals surface area contributed by atoms with Crippen LogP contribution in [0.4, 0.5) is 0 Å². The Bertz CT molecular complexity index is 312. The standard InChI is InChI=1S/C10H19NO2S/c11-6-3-9-2-1-4-10(9)5-7-14(12,13)8-10/h9H,1-8,11H2. The van der Waals surface area contributed by atoms with Gasteiger partial charge in [0, 0.05) is 0 Å². The van der Waals surface area contributed by atoms with Gasteiger partial charge >= 0.3 is 0 Å². The van der Waals surface area contributed by atoms with Gasteiger partial charge in [-0.1, -0.05) is 6.42 Å². The van der Waals surface area contributed by atoms with E-state index in [-0.39, 0.29) is 5.41 Å². The van der Waals surface area contributed by atoms with Crippen LogP contribution >= 0.6 is 0 Å². The van der Waals surface area contributed by atoms with Crippen LogP contribution in [-0.2, 0) is 9.84 Å². The van der Waals surface area contributed by atoms with E-state index in [2.05, 4.69) is 0 Å². The molecule has 2 rings (SSSR count). The summed E-state index contributed by atoms with van der Waals surface area (Å²) in [6.07, 6.45) is 5.39. The molecule has 4 heteroatoms. The molecule has 82 valence electrons. The third-order valence-corrected chi connectivity index (χ3v) is 5.87. The molecular weight excluding hydrogens is 198 g/mol. The van der Waals surface area contributed by atoms with E-state index in [4.69, 9.17) is 5.73 Å². The van der Waals surface area contributed by atoms with E-state index in [0.29, 0.717) is 24.0 Å². The maximum Gasteiger partial charge on any atom is 0.150 e. The molecule has 14 heavy (non-hydrogen) atoms. The zero-order chi connectivity index (χ0) is 10.2. The highest BCUT2D eigenvalue weighted by Crippen LogP contribution is 2.51. The SMILES string of the molecule is NCCC1CCCC12CCS(=O)(=O)C2. The topological polar surface area (TPSA) is 60.2 Å². The molecule has 0 bridgehead atoms. The molecule has 1 spiro atoms. The van der Waals surface area contributed by atoms with E-state index < -0.39 is 9.84 Å². The van der Waals surface area contributed by atoms with Gasteiger partial charge < -0.3 is 5.73 Å². The third-order valence-electron chi connectivity index (χ3n) is 4.03. The van der Waals surface area contributed by atoms with Crippen LogP contribution in [0.5, 0.6) is 0 Å². The molecule has 0 amide bonds. The Morgan fingerprint density at radius 2 is 2.14 bits per heavy atom. The Balaban J connectivity index is 2.15. The number of hydrogen-bond acceptors (Lipinski definition) is 3. The van der Waals surface area contributed by atoms with Crippen LogP contribution in [0.2, 0.25) is 0 Å². The summed E-state index contributed by atoms with van der Waals surface area (Å²) in [5, 5.41) is 0. The lowest BCUT2D eigenvalue weighted by Crippen LogP contribution is -2.28. The van der Waals surface area contributed by atoms with Gasteiger partial charge in [-0.25, -0.2) is 8.42 Å². The molecule has 1 saturated carbocycles. The highest BCUT2D eigenvalue weighted by molar-refractivity contribution is 7.91. The molecule has 1 aliphatic carbocycles. The highest BCUT2D eigenvalue weighted by Gasteiger charge is 2.49. The molecule has 2 fully saturated rings. The third kappa shape index (κ3) is 1.70. The van der Waals surface area contributed by atoms with Crippen LogP contribution < -0.4 is 5.73 Å². The fraction of sp³-hybridized carbons (Fsp3) is 1.00. The van der Waals surface area contributed by atoms with Gasteiger partial charge in [0.2, 0.25) is 0 Å². The summed E-state index contributed by atoms with van der Waals surface area (Å²) in [6.45, 7) is 0.701. The van der Waals surface area contributed by atoms with Crippen LogP contribution in [0.3, 0.4) is 0 Å². The summed E-state index contributed by atoms with van der Waals surface area (Å²) in [4.78, 5) is 0. The quantitative estimate of drug-likeness (QED) is 0.749. The van der Waals surface area contributed by atoms with Crippen LogP contribution in [0.15, 0.2) is 0 Å². The summed E-state index contributed by atoms with van der Waals surface area (Å²) >= 11 is 0. The van der Waals surface area contributed by atoms with Crippen LogP contribution in [0, 0.1) is 11.3 Å². The van der Waals surface area contributed by atoms with Crippen molar-refractivity contribution in [1.29, 1.82) is 0 Å². The van der Waals surface area contributed by atoms with E-state index in [1.54, 1.807) is 0 Å². The van der Waals surface area contributed by atoms with Gasteiger partial charge in [-0.05, 0) is 43.6 Å². The van der Waals surface area contributed by atoms with Gasteiger partial charge in [0.05, 0.1) is 11.5 Å². The Kier molecular flexibility index (Phi) is 2.60. The first-order valence-corrected chi connectivity index (χ1v) is 7.31. The number of rotatable bonds is 2. The van der Waals surface area contributed by atoms with Crippen molar-refractivity contribution in [1.82, 2.24) is 0 Å². The summed E-state index contributed by atoms with van der Waals surface area (Å²) in [5.74, 6) is 1.42. The van der Waals surface area contributed by atoms with Gasteiger partial charge in [-0.15, -0.1) is 0 Å². The molecule has 0 aromatic rings. The second-order valence-corrected chi connectivity index (χ2v) is 7.05. The molecule has 1 aliphatic heterocycles. The summed E-state index contributed by atoms with van der Waals surface area (Å²) in [5.41, 5.74) is 5.70. The summed E-state index contributed by atoms with van der Waals surface area (Å²) in [7, 11) is -2.73. The Labute approximate surface area is 86.0 Å². The van der Waals surface area contributed by atoms with Crippen molar-refractivity contribution in [2.24, 2.45) is 17.1 Å². The normalized spacial score (nSPS) is 40.8. The maximum absolute atomic E-state index is 11.5. The largest absolute Gasteiger partial charge is 0.330 e. The molecule has 0 aromatic heterocycles. The molecule has 2 N–H and O–H groups in total. The van der Waals surface area contributed by atoms with E-state index >= 15 is 0 Å². The second kappa shape index (κ2) is 3.49. The Hall–Kier alpha value is -0.0900. The number of nitrogens with two attached hydrogens (primary N) is 1. The first-order valence-electron chi connectivity index (χ1n) is 5.48. The smallest absolute Gasteiger partial charge is 0.150 e. The van der Waals surface area contributed by atoms with E-state index in [1.165, 1.54) is 12.8 Å². The number of sulfone groups is 1. The average molecular weight is 217 g/mol. The van der Waals surface area contributed by atoms with Crippen molar-refractivity contribution in [2.75, 3.05) is 18.1 Å². The molecule has 3 nitrogen and oxygen atoms in total. The molecule has 1 heterocycles. The van der Waals surface area contributed by atoms with E-state index in [9.17, 15) is 8.42 Å². The monoisotopic (exact) mass is 217 g/mol. The van der Waals surface area contributed by atoms with Crippen LogP contribution in [-0.4, -0.2) is 26.5 Å². The van der Waals surface area contributed by atoms with E-state index in [1.807, 2.05) is 0 Å². The van der Waals surface area contributed by atoms with Gasteiger partial charge in [0.15, 0.2) is 9.84 Å². The molecule has 2 unspecified atom stereocenters. The van der Waals surface area contributed by atoms with Gasteiger partial charge in [0.1, 0.15) is 0 Å². The lowest BCUT2D eigenvalue weighted by molar-refractivity contribution is 0.227. The van der Waals surface area contributed by atoms with Crippen molar-refractivity contribution >= 4 is 9.84 Å². The lowest BCUT2D eigenvalue weighted by Gasteiger charge is -2.29. The van der Waals surface area contributed by atoms with Crippen molar-refractivity contribution < 1.29 is 8.42 Å². The highest BCUT2D eigenvalue weighted by atomic mass is 32.2. The van der Waals surface area contributed by atoms with Crippen molar-refractivity contribution in [3.63, 3.8) is 0 Å². The first kappa shape index (κ1) is 10.4. The summed E-state index contributed by atoms with van der Waals surface area (Å²) in [6, 6.07) is 0. The average Bonchev–Trinajstić information content (AvgIpc) is 2.60. The minimum atomic E-state index is -2.73. The minimum absolute atomic E-state index is 0.123. The Morgan fingerprint density at radius 1 is 1.36 bits per heavy atom. The zero-order valence-electron chi connectivity index (χ0n) is 8.54. The minimum Gasteiger partial charge on any atom is -0.330 e. The van der Waals surface area contributed by atoms with E-state index in [0.717, 1.165) is 19.3 Å². The second-order valence-electron chi connectivity index (χ2n) is 4.87. The molecule has 2 atom stereocenters. The van der Waals surface area contributed by atoms with Crippen molar-refractivity contribution in [3.05, 3.63) is 0 Å². The molecule has 1 saturated heterocycles. The summed E-state index contributed by atoms with van der Waals surface area (Å²) < 4.78 is 23.0. The molecular formula is C10H19NO2S. The zero-order valence-corrected chi connectivity index (χ0v) is 9.35. The predicted octanol–water partition coefficient (Wildman–Crippen LogP) is 0.940. The van der Waals surface area contributed by atoms with Gasteiger partial charge in [-0.2, -0.15) is 0 Å². The Morgan fingerprint density at radius 3 is 2.71 bits per heavy atom. The number of hydrogen-bond donors (Lipinski definition) is 1.